The standard InChI is InChI=1S/C28H32N2O5/c1-18-7-6-12-28(15-18,25(33)29-27(13-14-27)16-24(31)32)30-26(34)35-17-23-21-10-4-2-8-19(21)20-9-3-5-11-22(20)23/h2-5,8-11,18,23H,6-7,12-17H2,1H3,(H,29,33)(H,30,34)(H,31,32). The molecule has 2 aromatic rings. The Balaban J connectivity index is 1.30. The van der Waals surface area contributed by atoms with Crippen molar-refractivity contribution in [3.63, 3.8) is 0 Å². The molecule has 2 aromatic carbocycles. The van der Waals surface area contributed by atoms with Gasteiger partial charge in [-0.1, -0.05) is 68.3 Å². The number of aliphatic carboxylic acids is 1. The van der Waals surface area contributed by atoms with E-state index in [1.807, 2.05) is 24.3 Å². The first kappa shape index (κ1) is 23.4. The molecule has 7 heteroatoms. The van der Waals surface area contributed by atoms with Gasteiger partial charge in [-0.3, -0.25) is 9.59 Å². The molecule has 3 N–H and O–H groups in total. The minimum atomic E-state index is -1.09. The number of nitrogens with one attached hydrogen (secondary N) is 2. The number of carboxylic acid groups (broad SMARTS) is 1. The van der Waals surface area contributed by atoms with Crippen LogP contribution in [0.25, 0.3) is 11.1 Å². The maximum Gasteiger partial charge on any atom is 0.408 e. The largest absolute Gasteiger partial charge is 0.481 e. The lowest BCUT2D eigenvalue weighted by Gasteiger charge is -2.40. The number of ether oxygens (including phenoxy) is 1. The number of fused-ring (bicyclic) bond motifs is 3. The van der Waals surface area contributed by atoms with E-state index >= 15 is 0 Å². The monoisotopic (exact) mass is 476 g/mol. The van der Waals surface area contributed by atoms with E-state index in [1.165, 1.54) is 0 Å². The molecule has 0 bridgehead atoms. The molecule has 2 atom stereocenters. The Labute approximate surface area is 205 Å². The fourth-order valence-corrected chi connectivity index (χ4v) is 5.90. The number of carboxylic acids is 1. The second-order valence-electron chi connectivity index (χ2n) is 10.5. The van der Waals surface area contributed by atoms with Crippen LogP contribution in [0.15, 0.2) is 48.5 Å². The van der Waals surface area contributed by atoms with Gasteiger partial charge in [0, 0.05) is 5.92 Å². The zero-order valence-corrected chi connectivity index (χ0v) is 20.0. The van der Waals surface area contributed by atoms with Crippen LogP contribution in [0.3, 0.4) is 0 Å². The number of carbonyl (C=O) groups is 3. The lowest BCUT2D eigenvalue weighted by molar-refractivity contribution is -0.138. The van der Waals surface area contributed by atoms with Crippen LogP contribution in [0, 0.1) is 5.92 Å². The van der Waals surface area contributed by atoms with Crippen LogP contribution in [-0.4, -0.2) is 40.8 Å². The van der Waals surface area contributed by atoms with E-state index in [-0.39, 0.29) is 30.8 Å². The highest BCUT2D eigenvalue weighted by Gasteiger charge is 2.51. The molecule has 7 nitrogen and oxygen atoms in total. The molecule has 0 radical (unpaired) electrons. The maximum atomic E-state index is 13.5. The minimum Gasteiger partial charge on any atom is -0.481 e. The topological polar surface area (TPSA) is 105 Å². The van der Waals surface area contributed by atoms with Gasteiger partial charge < -0.3 is 20.5 Å². The molecule has 184 valence electrons. The van der Waals surface area contributed by atoms with Gasteiger partial charge >= 0.3 is 12.1 Å². The normalized spacial score (nSPS) is 24.1. The Morgan fingerprint density at radius 3 is 2.17 bits per heavy atom. The van der Waals surface area contributed by atoms with Crippen molar-refractivity contribution in [2.45, 2.75) is 68.9 Å². The fraction of sp³-hybridized carbons (Fsp3) is 0.464. The molecule has 3 aliphatic rings. The second-order valence-corrected chi connectivity index (χ2v) is 10.5. The first-order chi connectivity index (χ1) is 16.8. The number of hydrogen-bond donors (Lipinski definition) is 3. The van der Waals surface area contributed by atoms with E-state index in [9.17, 15) is 19.5 Å². The van der Waals surface area contributed by atoms with Gasteiger partial charge in [0.15, 0.2) is 0 Å². The van der Waals surface area contributed by atoms with E-state index in [1.54, 1.807) is 0 Å². The summed E-state index contributed by atoms with van der Waals surface area (Å²) in [6, 6.07) is 16.3. The van der Waals surface area contributed by atoms with E-state index < -0.39 is 23.1 Å². The predicted molar refractivity (Wildman–Crippen MR) is 131 cm³/mol. The molecule has 5 rings (SSSR count). The van der Waals surface area contributed by atoms with E-state index in [0.29, 0.717) is 25.7 Å². The number of benzene rings is 2. The zero-order valence-electron chi connectivity index (χ0n) is 20.0. The van der Waals surface area contributed by atoms with Crippen LogP contribution < -0.4 is 10.6 Å². The number of hydrogen-bond acceptors (Lipinski definition) is 4. The van der Waals surface area contributed by atoms with Crippen molar-refractivity contribution in [2.75, 3.05) is 6.61 Å². The minimum absolute atomic E-state index is 0.0616. The predicted octanol–water partition coefficient (Wildman–Crippen LogP) is 4.60. The summed E-state index contributed by atoms with van der Waals surface area (Å²) in [5, 5.41) is 15.1. The van der Waals surface area contributed by atoms with Gasteiger partial charge in [-0.05, 0) is 53.9 Å². The molecule has 0 aromatic heterocycles. The SMILES string of the molecule is CC1CCCC(NC(=O)OCC2c3ccccc3-c3ccccc32)(C(=O)NC2(CC(=O)O)CC2)C1. The molecule has 2 amide bonds. The average Bonchev–Trinajstić information content (AvgIpc) is 3.49. The summed E-state index contributed by atoms with van der Waals surface area (Å²) in [4.78, 5) is 37.8. The highest BCUT2D eigenvalue weighted by atomic mass is 16.5. The van der Waals surface area contributed by atoms with Crippen molar-refractivity contribution in [2.24, 2.45) is 5.92 Å². The molecule has 2 unspecified atom stereocenters. The summed E-state index contributed by atoms with van der Waals surface area (Å²) in [5.74, 6) is -1.03. The van der Waals surface area contributed by atoms with Crippen molar-refractivity contribution in [3.05, 3.63) is 59.7 Å². The number of amides is 2. The van der Waals surface area contributed by atoms with E-state index in [0.717, 1.165) is 35.1 Å². The highest BCUT2D eigenvalue weighted by molar-refractivity contribution is 5.91. The third-order valence-corrected chi connectivity index (χ3v) is 7.84. The molecule has 2 saturated carbocycles. The van der Waals surface area contributed by atoms with Crippen LogP contribution in [0.1, 0.15) is 68.9 Å². The Morgan fingerprint density at radius 1 is 0.971 bits per heavy atom. The average molecular weight is 477 g/mol. The first-order valence-corrected chi connectivity index (χ1v) is 12.5. The summed E-state index contributed by atoms with van der Waals surface area (Å²) >= 11 is 0. The third-order valence-electron chi connectivity index (χ3n) is 7.84. The van der Waals surface area contributed by atoms with Gasteiger partial charge in [-0.25, -0.2) is 4.79 Å². The summed E-state index contributed by atoms with van der Waals surface area (Å²) < 4.78 is 5.74. The molecular weight excluding hydrogens is 444 g/mol. The first-order valence-electron chi connectivity index (χ1n) is 12.5. The molecule has 35 heavy (non-hydrogen) atoms. The molecular formula is C28H32N2O5. The lowest BCUT2D eigenvalue weighted by Crippen LogP contribution is -2.62. The van der Waals surface area contributed by atoms with Gasteiger partial charge in [0.2, 0.25) is 5.91 Å². The summed E-state index contributed by atoms with van der Waals surface area (Å²) in [6.45, 7) is 2.25. The van der Waals surface area contributed by atoms with Crippen LogP contribution in [0.5, 0.6) is 0 Å². The van der Waals surface area contributed by atoms with Gasteiger partial charge in [0.1, 0.15) is 12.1 Å². The van der Waals surface area contributed by atoms with Gasteiger partial charge in [0.05, 0.1) is 12.0 Å². The fourth-order valence-electron chi connectivity index (χ4n) is 5.90. The van der Waals surface area contributed by atoms with Gasteiger partial charge in [-0.15, -0.1) is 0 Å². The van der Waals surface area contributed by atoms with Gasteiger partial charge in [0.25, 0.3) is 0 Å². The molecule has 0 saturated heterocycles. The Hall–Kier alpha value is -3.35. The van der Waals surface area contributed by atoms with Crippen molar-refractivity contribution < 1.29 is 24.2 Å². The van der Waals surface area contributed by atoms with Gasteiger partial charge in [-0.2, -0.15) is 0 Å². The Kier molecular flexibility index (Phi) is 6.03. The summed E-state index contributed by atoms with van der Waals surface area (Å²) in [6.07, 6.45) is 3.38. The molecule has 3 aliphatic carbocycles. The smallest absolute Gasteiger partial charge is 0.408 e. The molecule has 0 spiro atoms. The number of rotatable bonds is 7. The van der Waals surface area contributed by atoms with Crippen LogP contribution in [0.2, 0.25) is 0 Å². The van der Waals surface area contributed by atoms with Crippen LogP contribution in [0.4, 0.5) is 4.79 Å². The third kappa shape index (κ3) is 4.64. The van der Waals surface area contributed by atoms with E-state index in [4.69, 9.17) is 4.74 Å². The quantitative estimate of drug-likeness (QED) is 0.542. The molecule has 2 fully saturated rings. The highest BCUT2D eigenvalue weighted by Crippen LogP contribution is 2.45. The van der Waals surface area contributed by atoms with Crippen LogP contribution in [-0.2, 0) is 14.3 Å². The second kappa shape index (κ2) is 9.02. The van der Waals surface area contributed by atoms with Crippen molar-refractivity contribution >= 4 is 18.0 Å². The summed E-state index contributed by atoms with van der Waals surface area (Å²) in [7, 11) is 0. The maximum absolute atomic E-state index is 13.5. The van der Waals surface area contributed by atoms with Crippen LogP contribution >= 0.6 is 0 Å². The zero-order chi connectivity index (χ0) is 24.6. The Bertz CT molecular complexity index is 1110. The van der Waals surface area contributed by atoms with E-state index in [2.05, 4.69) is 41.8 Å². The number of carbonyl (C=O) groups excluding carboxylic acids is 2. The Morgan fingerprint density at radius 2 is 1.60 bits per heavy atom. The van der Waals surface area contributed by atoms with Crippen molar-refractivity contribution in [1.29, 1.82) is 0 Å². The van der Waals surface area contributed by atoms with Crippen molar-refractivity contribution in [1.82, 2.24) is 10.6 Å². The number of alkyl carbamates (subject to hydrolysis) is 1. The molecule has 0 aliphatic heterocycles. The lowest BCUT2D eigenvalue weighted by atomic mass is 9.75. The van der Waals surface area contributed by atoms with Crippen molar-refractivity contribution in [3.8, 4) is 11.1 Å². The summed E-state index contributed by atoms with van der Waals surface area (Å²) in [5.41, 5.74) is 2.78. The molecule has 0 heterocycles.